The monoisotopic (exact) mass is 475 g/mol. The van der Waals surface area contributed by atoms with Gasteiger partial charge in [-0.25, -0.2) is 0 Å². The summed E-state index contributed by atoms with van der Waals surface area (Å²) in [4.78, 5) is 7.36. The maximum atomic E-state index is 5.82. The summed E-state index contributed by atoms with van der Waals surface area (Å²) in [6, 6.07) is 3.97. The number of piperidine rings is 1. The van der Waals surface area contributed by atoms with Crippen molar-refractivity contribution in [3.05, 3.63) is 24.2 Å². The largest absolute Gasteiger partial charge is 0.469 e. The maximum Gasteiger partial charge on any atom is 0.193 e. The SMILES string of the molecule is CC(C)CN=C(NCCc1ccco1)N1CCCC2(CCCOC2)C1.I. The van der Waals surface area contributed by atoms with Gasteiger partial charge in [0.15, 0.2) is 5.96 Å². The zero-order chi connectivity index (χ0) is 17.5. The molecular weight excluding hydrogens is 441 g/mol. The molecule has 148 valence electrons. The summed E-state index contributed by atoms with van der Waals surface area (Å²) >= 11 is 0. The molecule has 2 aliphatic rings. The van der Waals surface area contributed by atoms with Crippen LogP contribution in [0, 0.1) is 11.3 Å². The summed E-state index contributed by atoms with van der Waals surface area (Å²) in [5.74, 6) is 2.65. The molecule has 0 aromatic carbocycles. The van der Waals surface area contributed by atoms with Crippen LogP contribution in [0.5, 0.6) is 0 Å². The lowest BCUT2D eigenvalue weighted by Gasteiger charge is -2.45. The minimum atomic E-state index is 0. The van der Waals surface area contributed by atoms with Crippen LogP contribution in [0.4, 0.5) is 0 Å². The molecule has 6 heteroatoms. The summed E-state index contributed by atoms with van der Waals surface area (Å²) in [7, 11) is 0. The van der Waals surface area contributed by atoms with Gasteiger partial charge in [-0.05, 0) is 43.7 Å². The van der Waals surface area contributed by atoms with E-state index in [0.717, 1.165) is 57.5 Å². The summed E-state index contributed by atoms with van der Waals surface area (Å²) in [6.07, 6.45) is 7.61. The van der Waals surface area contributed by atoms with Crippen LogP contribution < -0.4 is 5.32 Å². The van der Waals surface area contributed by atoms with Crippen LogP contribution in [0.3, 0.4) is 0 Å². The summed E-state index contributed by atoms with van der Waals surface area (Å²) in [5.41, 5.74) is 0.331. The van der Waals surface area contributed by atoms with Gasteiger partial charge in [-0.1, -0.05) is 13.8 Å². The van der Waals surface area contributed by atoms with E-state index in [9.17, 15) is 0 Å². The Hall–Kier alpha value is -0.760. The number of guanidine groups is 1. The summed E-state index contributed by atoms with van der Waals surface area (Å²) in [6.45, 7) is 10.1. The normalized spacial score (nSPS) is 24.0. The molecule has 26 heavy (non-hydrogen) atoms. The standard InChI is InChI=1S/C20H33N3O2.HI/c1-17(2)14-22-19(21-10-7-18-6-3-13-25-18)23-11-4-8-20(15-23)9-5-12-24-16-20;/h3,6,13,17H,4-5,7-12,14-16H2,1-2H3,(H,21,22);1H. The molecule has 3 heterocycles. The zero-order valence-corrected chi connectivity index (χ0v) is 18.5. The van der Waals surface area contributed by atoms with Crippen molar-refractivity contribution in [1.82, 2.24) is 10.2 Å². The summed E-state index contributed by atoms with van der Waals surface area (Å²) in [5, 5.41) is 3.58. The second-order valence-electron chi connectivity index (χ2n) is 8.00. The fourth-order valence-corrected chi connectivity index (χ4v) is 3.91. The van der Waals surface area contributed by atoms with Gasteiger partial charge in [-0.2, -0.15) is 0 Å². The third-order valence-electron chi connectivity index (χ3n) is 5.21. The molecule has 1 unspecified atom stereocenters. The van der Waals surface area contributed by atoms with E-state index >= 15 is 0 Å². The Morgan fingerprint density at radius 2 is 2.19 bits per heavy atom. The number of halogens is 1. The zero-order valence-electron chi connectivity index (χ0n) is 16.2. The lowest BCUT2D eigenvalue weighted by atomic mass is 9.76. The second-order valence-corrected chi connectivity index (χ2v) is 8.00. The van der Waals surface area contributed by atoms with Crippen LogP contribution in [-0.2, 0) is 11.2 Å². The van der Waals surface area contributed by atoms with Crippen LogP contribution in [0.25, 0.3) is 0 Å². The smallest absolute Gasteiger partial charge is 0.193 e. The minimum Gasteiger partial charge on any atom is -0.469 e. The van der Waals surface area contributed by atoms with Gasteiger partial charge in [0.2, 0.25) is 0 Å². The van der Waals surface area contributed by atoms with Gasteiger partial charge in [0.25, 0.3) is 0 Å². The van der Waals surface area contributed by atoms with Crippen molar-refractivity contribution in [2.75, 3.05) is 39.4 Å². The van der Waals surface area contributed by atoms with E-state index in [1.54, 1.807) is 6.26 Å². The van der Waals surface area contributed by atoms with Crippen molar-refractivity contribution >= 4 is 29.9 Å². The van der Waals surface area contributed by atoms with Crippen molar-refractivity contribution < 1.29 is 9.15 Å². The summed E-state index contributed by atoms with van der Waals surface area (Å²) < 4.78 is 11.3. The molecule has 1 N–H and O–H groups in total. The number of hydrogen-bond donors (Lipinski definition) is 1. The lowest BCUT2D eigenvalue weighted by molar-refractivity contribution is -0.0370. The first-order chi connectivity index (χ1) is 12.2. The molecule has 5 nitrogen and oxygen atoms in total. The Labute approximate surface area is 175 Å². The fraction of sp³-hybridized carbons (Fsp3) is 0.750. The number of furan rings is 1. The Kier molecular flexibility index (Phi) is 8.73. The Balaban J connectivity index is 0.00000243. The molecule has 0 saturated carbocycles. The van der Waals surface area contributed by atoms with E-state index in [-0.39, 0.29) is 24.0 Å². The van der Waals surface area contributed by atoms with Gasteiger partial charge in [-0.15, -0.1) is 24.0 Å². The Bertz CT molecular complexity index is 534. The van der Waals surface area contributed by atoms with Crippen molar-refractivity contribution in [2.45, 2.75) is 46.0 Å². The van der Waals surface area contributed by atoms with Gasteiger partial charge in [0, 0.05) is 44.6 Å². The predicted molar refractivity (Wildman–Crippen MR) is 116 cm³/mol. The highest BCUT2D eigenvalue weighted by Crippen LogP contribution is 2.37. The molecular formula is C20H34IN3O2. The van der Waals surface area contributed by atoms with Gasteiger partial charge >= 0.3 is 0 Å². The lowest BCUT2D eigenvalue weighted by Crippen LogP contribution is -2.53. The second kappa shape index (κ2) is 10.5. The van der Waals surface area contributed by atoms with Crippen LogP contribution in [0.15, 0.2) is 27.8 Å². The molecule has 0 aliphatic carbocycles. The molecule has 2 saturated heterocycles. The highest BCUT2D eigenvalue weighted by molar-refractivity contribution is 14.0. The van der Waals surface area contributed by atoms with Crippen LogP contribution in [-0.4, -0.2) is 50.3 Å². The van der Waals surface area contributed by atoms with E-state index in [2.05, 4.69) is 24.1 Å². The minimum absolute atomic E-state index is 0. The van der Waals surface area contributed by atoms with Crippen LogP contribution in [0.1, 0.15) is 45.3 Å². The van der Waals surface area contributed by atoms with Crippen LogP contribution >= 0.6 is 24.0 Å². The molecule has 2 fully saturated rings. The van der Waals surface area contributed by atoms with Crippen molar-refractivity contribution in [3.63, 3.8) is 0 Å². The third kappa shape index (κ3) is 6.15. The maximum absolute atomic E-state index is 5.82. The van der Waals surface area contributed by atoms with E-state index in [4.69, 9.17) is 14.1 Å². The van der Waals surface area contributed by atoms with Gasteiger partial charge in [-0.3, -0.25) is 4.99 Å². The van der Waals surface area contributed by atoms with E-state index in [1.165, 1.54) is 25.7 Å². The first-order valence-corrected chi connectivity index (χ1v) is 9.80. The molecule has 2 aliphatic heterocycles. The van der Waals surface area contributed by atoms with E-state index in [0.29, 0.717) is 11.3 Å². The molecule has 0 radical (unpaired) electrons. The molecule has 1 aromatic rings. The van der Waals surface area contributed by atoms with Crippen LogP contribution in [0.2, 0.25) is 0 Å². The van der Waals surface area contributed by atoms with E-state index < -0.39 is 0 Å². The van der Waals surface area contributed by atoms with Gasteiger partial charge in [0.05, 0.1) is 12.9 Å². The molecule has 1 aromatic heterocycles. The van der Waals surface area contributed by atoms with Crippen molar-refractivity contribution in [3.8, 4) is 0 Å². The average Bonchev–Trinajstić information content (AvgIpc) is 3.12. The van der Waals surface area contributed by atoms with Gasteiger partial charge in [0.1, 0.15) is 5.76 Å². The fourth-order valence-electron chi connectivity index (χ4n) is 3.91. The third-order valence-corrected chi connectivity index (χ3v) is 5.21. The number of rotatable bonds is 5. The number of aliphatic imine (C=N–C) groups is 1. The van der Waals surface area contributed by atoms with Gasteiger partial charge < -0.3 is 19.4 Å². The first kappa shape index (κ1) is 21.5. The quantitative estimate of drug-likeness (QED) is 0.399. The van der Waals surface area contributed by atoms with E-state index in [1.807, 2.05) is 12.1 Å². The average molecular weight is 475 g/mol. The molecule has 1 spiro atoms. The Morgan fingerprint density at radius 3 is 2.88 bits per heavy atom. The predicted octanol–water partition coefficient (Wildman–Crippen LogP) is 3.93. The highest BCUT2D eigenvalue weighted by atomic mass is 127. The molecule has 1 atom stereocenters. The molecule has 3 rings (SSSR count). The number of hydrogen-bond acceptors (Lipinski definition) is 3. The molecule has 0 bridgehead atoms. The highest BCUT2D eigenvalue weighted by Gasteiger charge is 2.38. The molecule has 0 amide bonds. The topological polar surface area (TPSA) is 50.0 Å². The van der Waals surface area contributed by atoms with Crippen molar-refractivity contribution in [2.24, 2.45) is 16.3 Å². The number of nitrogens with zero attached hydrogens (tertiary/aromatic N) is 2. The number of nitrogens with one attached hydrogen (secondary N) is 1. The number of ether oxygens (including phenoxy) is 1. The Morgan fingerprint density at radius 1 is 1.35 bits per heavy atom. The van der Waals surface area contributed by atoms with Crippen molar-refractivity contribution in [1.29, 1.82) is 0 Å². The first-order valence-electron chi connectivity index (χ1n) is 9.80. The number of likely N-dealkylation sites (tertiary alicyclic amines) is 1.